The van der Waals surface area contributed by atoms with Crippen LogP contribution in [-0.4, -0.2) is 35.3 Å². The number of amidine groups is 1. The lowest BCUT2D eigenvalue weighted by molar-refractivity contribution is -0.522. The highest BCUT2D eigenvalue weighted by Crippen LogP contribution is 2.18. The van der Waals surface area contributed by atoms with Crippen molar-refractivity contribution in [1.82, 2.24) is 0 Å². The van der Waals surface area contributed by atoms with Crippen molar-refractivity contribution >= 4 is 24.7 Å². The van der Waals surface area contributed by atoms with Crippen LogP contribution in [0.1, 0.15) is 0 Å². The van der Waals surface area contributed by atoms with Crippen LogP contribution in [0, 0.1) is 10.1 Å². The third-order valence-corrected chi connectivity index (χ3v) is 1.54. The van der Waals surface area contributed by atoms with E-state index in [1.54, 1.807) is 0 Å². The van der Waals surface area contributed by atoms with Crippen molar-refractivity contribution in [2.24, 2.45) is 20.0 Å². The van der Waals surface area contributed by atoms with Gasteiger partial charge in [-0.3, -0.25) is 10.1 Å². The van der Waals surface area contributed by atoms with Gasteiger partial charge in [0.2, 0.25) is 5.84 Å². The highest BCUT2D eigenvalue weighted by molar-refractivity contribution is 6.16. The van der Waals surface area contributed by atoms with Crippen molar-refractivity contribution in [1.29, 1.82) is 0 Å². The van der Waals surface area contributed by atoms with E-state index in [-0.39, 0.29) is 5.84 Å². The molecule has 2 aliphatic heterocycles. The molecular formula is C5H3N5O2. The molecule has 0 N–H and O–H groups in total. The Morgan fingerprint density at radius 3 is 3.00 bits per heavy atom. The Morgan fingerprint density at radius 2 is 2.33 bits per heavy atom. The summed E-state index contributed by atoms with van der Waals surface area (Å²) in [6.45, 7) is 0. The molecule has 7 heteroatoms. The summed E-state index contributed by atoms with van der Waals surface area (Å²) in [7, 11) is 0. The van der Waals surface area contributed by atoms with Gasteiger partial charge in [0.15, 0.2) is 0 Å². The fraction of sp³-hybridized carbons (Fsp3) is 0.200. The van der Waals surface area contributed by atoms with Crippen LogP contribution in [0.3, 0.4) is 0 Å². The molecule has 0 aliphatic carbocycles. The number of fused-ring (bicyclic) bond motifs is 1. The van der Waals surface area contributed by atoms with E-state index < -0.39 is 10.6 Å². The number of nitrogens with zero attached hydrogens (tertiary/aromatic N) is 5. The van der Waals surface area contributed by atoms with Gasteiger partial charge in [-0.1, -0.05) is 0 Å². The molecule has 0 amide bonds. The lowest BCUT2D eigenvalue weighted by Gasteiger charge is -2.12. The fourth-order valence-corrected chi connectivity index (χ4v) is 0.945. The van der Waals surface area contributed by atoms with Crippen molar-refractivity contribution in [2.45, 2.75) is 5.66 Å². The molecule has 1 unspecified atom stereocenters. The molecule has 0 aromatic rings. The second-order valence-corrected chi connectivity index (χ2v) is 2.20. The van der Waals surface area contributed by atoms with Gasteiger partial charge in [0, 0.05) is 0 Å². The molecule has 0 fully saturated rings. The third kappa shape index (κ3) is 0.644. The van der Waals surface area contributed by atoms with E-state index >= 15 is 0 Å². The van der Waals surface area contributed by atoms with E-state index in [0.717, 1.165) is 12.6 Å². The van der Waals surface area contributed by atoms with Crippen LogP contribution in [-0.2, 0) is 0 Å². The molecule has 2 aliphatic rings. The van der Waals surface area contributed by atoms with E-state index in [1.807, 2.05) is 0 Å². The van der Waals surface area contributed by atoms with Crippen molar-refractivity contribution in [2.75, 3.05) is 0 Å². The third-order valence-electron chi connectivity index (χ3n) is 1.54. The summed E-state index contributed by atoms with van der Waals surface area (Å²) in [5.41, 5.74) is -1.66. The summed E-state index contributed by atoms with van der Waals surface area (Å²) in [6, 6.07) is 0. The normalized spacial score (nSPS) is 30.2. The second-order valence-electron chi connectivity index (χ2n) is 2.20. The summed E-state index contributed by atoms with van der Waals surface area (Å²) in [6.07, 6.45) is 3.43. The first-order chi connectivity index (χ1) is 5.76. The van der Waals surface area contributed by atoms with Gasteiger partial charge in [0.25, 0.3) is 0 Å². The monoisotopic (exact) mass is 165 g/mol. The van der Waals surface area contributed by atoms with E-state index in [1.165, 1.54) is 6.34 Å². The van der Waals surface area contributed by atoms with E-state index in [0.29, 0.717) is 0 Å². The zero-order valence-electron chi connectivity index (χ0n) is 5.78. The summed E-state index contributed by atoms with van der Waals surface area (Å²) in [5, 5.41) is 10.6. The van der Waals surface area contributed by atoms with Crippen LogP contribution in [0.15, 0.2) is 20.0 Å². The smallest absolute Gasteiger partial charge is 0.261 e. The molecule has 0 saturated carbocycles. The first kappa shape index (κ1) is 6.77. The van der Waals surface area contributed by atoms with Gasteiger partial charge in [-0.05, 0) is 0 Å². The maximum Gasteiger partial charge on any atom is 0.410 e. The van der Waals surface area contributed by atoms with Crippen molar-refractivity contribution in [3.63, 3.8) is 0 Å². The summed E-state index contributed by atoms with van der Waals surface area (Å²) >= 11 is 0. The molecule has 0 saturated heterocycles. The number of aliphatic imine (C=N–C) groups is 4. The molecule has 2 rings (SSSR count). The molecule has 0 spiro atoms. The van der Waals surface area contributed by atoms with Crippen LogP contribution in [0.5, 0.6) is 0 Å². The second kappa shape index (κ2) is 2.03. The Balaban J connectivity index is 2.54. The Labute approximate surface area is 66.4 Å². The zero-order chi connectivity index (χ0) is 8.60. The maximum atomic E-state index is 10.6. The van der Waals surface area contributed by atoms with Crippen LogP contribution in [0.4, 0.5) is 0 Å². The van der Waals surface area contributed by atoms with Crippen LogP contribution in [0.25, 0.3) is 0 Å². The first-order valence-corrected chi connectivity index (χ1v) is 3.09. The molecule has 0 aromatic heterocycles. The van der Waals surface area contributed by atoms with Crippen molar-refractivity contribution in [3.05, 3.63) is 10.1 Å². The minimum absolute atomic E-state index is 0.0579. The average Bonchev–Trinajstić information content (AvgIpc) is 2.48. The zero-order valence-corrected chi connectivity index (χ0v) is 5.78. The average molecular weight is 165 g/mol. The van der Waals surface area contributed by atoms with Gasteiger partial charge >= 0.3 is 5.66 Å². The van der Waals surface area contributed by atoms with Crippen LogP contribution in [0.2, 0.25) is 0 Å². The topological polar surface area (TPSA) is 92.6 Å². The number of hydrogen-bond donors (Lipinski definition) is 0. The number of rotatable bonds is 1. The quantitative estimate of drug-likeness (QED) is 0.387. The molecule has 7 nitrogen and oxygen atoms in total. The first-order valence-electron chi connectivity index (χ1n) is 3.09. The minimum atomic E-state index is -1.66. The molecule has 0 bridgehead atoms. The minimum Gasteiger partial charge on any atom is -0.261 e. The van der Waals surface area contributed by atoms with Crippen molar-refractivity contribution < 1.29 is 4.92 Å². The summed E-state index contributed by atoms with van der Waals surface area (Å²) in [5.74, 6) is 0.0579. The Bertz CT molecular complexity index is 355. The molecule has 0 radical (unpaired) electrons. The van der Waals surface area contributed by atoms with Gasteiger partial charge in [-0.25, -0.2) is 15.0 Å². The number of hydrogen-bond acceptors (Lipinski definition) is 6. The lowest BCUT2D eigenvalue weighted by Crippen LogP contribution is -2.45. The number of nitro groups is 1. The molecule has 60 valence electrons. The molecule has 12 heavy (non-hydrogen) atoms. The highest BCUT2D eigenvalue weighted by atomic mass is 16.6. The summed E-state index contributed by atoms with van der Waals surface area (Å²) < 4.78 is 0. The van der Waals surface area contributed by atoms with Gasteiger partial charge in [-0.15, -0.1) is 0 Å². The SMILES string of the molecule is O=[N+]([O-])C12C=NC=NC1=NC=N2. The van der Waals surface area contributed by atoms with Crippen LogP contribution < -0.4 is 0 Å². The van der Waals surface area contributed by atoms with E-state index in [2.05, 4.69) is 20.0 Å². The van der Waals surface area contributed by atoms with Gasteiger partial charge < -0.3 is 0 Å². The summed E-state index contributed by atoms with van der Waals surface area (Å²) in [4.78, 5) is 24.5. The molecule has 1 atom stereocenters. The van der Waals surface area contributed by atoms with Crippen LogP contribution >= 0.6 is 0 Å². The molecule has 0 aromatic carbocycles. The van der Waals surface area contributed by atoms with Crippen molar-refractivity contribution in [3.8, 4) is 0 Å². The Kier molecular flexibility index (Phi) is 1.15. The largest absolute Gasteiger partial charge is 0.410 e. The standard InChI is InChI=1S/C5H3N5O2/c11-10(12)5-1-6-2-7-4(5)8-3-9-5/h1-3H. The van der Waals surface area contributed by atoms with Gasteiger partial charge in [0.1, 0.15) is 18.9 Å². The lowest BCUT2D eigenvalue weighted by atomic mass is 10.2. The Hall–Kier alpha value is -1.92. The van der Waals surface area contributed by atoms with E-state index in [9.17, 15) is 10.1 Å². The predicted octanol–water partition coefficient (Wildman–Crippen LogP) is -0.488. The van der Waals surface area contributed by atoms with E-state index in [4.69, 9.17) is 0 Å². The fourth-order valence-electron chi connectivity index (χ4n) is 0.945. The van der Waals surface area contributed by atoms with Gasteiger partial charge in [0.05, 0.1) is 4.92 Å². The predicted molar refractivity (Wildman–Crippen MR) is 42.6 cm³/mol. The highest BCUT2D eigenvalue weighted by Gasteiger charge is 2.50. The molecular weight excluding hydrogens is 162 g/mol. The maximum absolute atomic E-state index is 10.6. The molecule has 2 heterocycles. The Morgan fingerprint density at radius 1 is 1.50 bits per heavy atom. The van der Waals surface area contributed by atoms with Gasteiger partial charge in [-0.2, -0.15) is 4.99 Å².